The molecule has 3 heteroatoms. The molecule has 0 fully saturated rings. The summed E-state index contributed by atoms with van der Waals surface area (Å²) in [5, 5.41) is 0. The van der Waals surface area contributed by atoms with Crippen molar-refractivity contribution < 1.29 is 9.47 Å². The molecule has 2 aromatic rings. The van der Waals surface area contributed by atoms with E-state index in [0.29, 0.717) is 6.61 Å². The molecule has 0 saturated heterocycles. The van der Waals surface area contributed by atoms with Gasteiger partial charge in [-0.25, -0.2) is 0 Å². The van der Waals surface area contributed by atoms with Crippen LogP contribution in [0.1, 0.15) is 11.7 Å². The van der Waals surface area contributed by atoms with Crippen LogP contribution in [0.4, 0.5) is 0 Å². The molecule has 2 rings (SSSR count). The molecule has 1 atom stereocenters. The van der Waals surface area contributed by atoms with Gasteiger partial charge >= 0.3 is 0 Å². The van der Waals surface area contributed by atoms with Crippen molar-refractivity contribution in [3.63, 3.8) is 0 Å². The zero-order valence-corrected chi connectivity index (χ0v) is 12.3. The quantitative estimate of drug-likeness (QED) is 0.754. The van der Waals surface area contributed by atoms with E-state index < -0.39 is 0 Å². The number of methoxy groups -OCH3 is 1. The van der Waals surface area contributed by atoms with Crippen LogP contribution >= 0.6 is 22.6 Å². The Morgan fingerprint density at radius 1 is 1.00 bits per heavy atom. The van der Waals surface area contributed by atoms with E-state index in [0.717, 1.165) is 14.9 Å². The largest absolute Gasteiger partial charge is 0.489 e. The molecule has 0 N–H and O–H groups in total. The predicted octanol–water partition coefficient (Wildman–Crippen LogP) is 4.06. The van der Waals surface area contributed by atoms with Crippen LogP contribution in [-0.2, 0) is 4.74 Å². The maximum Gasteiger partial charge on any atom is 0.132 e. The minimum Gasteiger partial charge on any atom is -0.489 e. The first-order valence-corrected chi connectivity index (χ1v) is 6.84. The van der Waals surface area contributed by atoms with Crippen LogP contribution in [0.25, 0.3) is 0 Å². The monoisotopic (exact) mass is 354 g/mol. The van der Waals surface area contributed by atoms with E-state index in [-0.39, 0.29) is 6.10 Å². The SMILES string of the molecule is CO[C@@H](COc1ccccc1I)c1ccccc1. The van der Waals surface area contributed by atoms with Crippen LogP contribution in [0, 0.1) is 3.57 Å². The first-order valence-electron chi connectivity index (χ1n) is 5.76. The first-order chi connectivity index (χ1) is 8.81. The number of rotatable bonds is 5. The smallest absolute Gasteiger partial charge is 0.132 e. The lowest BCUT2D eigenvalue weighted by atomic mass is 10.1. The van der Waals surface area contributed by atoms with Crippen molar-refractivity contribution in [1.82, 2.24) is 0 Å². The van der Waals surface area contributed by atoms with Crippen LogP contribution in [-0.4, -0.2) is 13.7 Å². The fourth-order valence-electron chi connectivity index (χ4n) is 1.70. The van der Waals surface area contributed by atoms with Crippen molar-refractivity contribution in [2.24, 2.45) is 0 Å². The highest BCUT2D eigenvalue weighted by molar-refractivity contribution is 14.1. The van der Waals surface area contributed by atoms with Crippen LogP contribution in [0.15, 0.2) is 54.6 Å². The van der Waals surface area contributed by atoms with Gasteiger partial charge in [0.2, 0.25) is 0 Å². The Bertz CT molecular complexity index is 485. The molecule has 2 nitrogen and oxygen atoms in total. The normalized spacial score (nSPS) is 12.1. The van der Waals surface area contributed by atoms with E-state index in [1.54, 1.807) is 7.11 Å². The predicted molar refractivity (Wildman–Crippen MR) is 80.8 cm³/mol. The molecule has 0 aromatic heterocycles. The summed E-state index contributed by atoms with van der Waals surface area (Å²) < 4.78 is 12.4. The molecule has 0 unspecified atom stereocenters. The Balaban J connectivity index is 2.02. The summed E-state index contributed by atoms with van der Waals surface area (Å²) >= 11 is 2.27. The van der Waals surface area contributed by atoms with Gasteiger partial charge in [0.25, 0.3) is 0 Å². The zero-order valence-electron chi connectivity index (χ0n) is 10.2. The Labute approximate surface area is 121 Å². The van der Waals surface area contributed by atoms with E-state index in [9.17, 15) is 0 Å². The molecule has 0 aliphatic heterocycles. The summed E-state index contributed by atoms with van der Waals surface area (Å²) in [6.07, 6.45) is -0.0396. The van der Waals surface area contributed by atoms with Gasteiger partial charge in [-0.05, 0) is 40.3 Å². The third-order valence-corrected chi connectivity index (χ3v) is 3.57. The molecular weight excluding hydrogens is 339 g/mol. The van der Waals surface area contributed by atoms with Crippen molar-refractivity contribution >= 4 is 22.6 Å². The highest BCUT2D eigenvalue weighted by Gasteiger charge is 2.11. The van der Waals surface area contributed by atoms with Gasteiger partial charge in [-0.1, -0.05) is 42.5 Å². The molecule has 0 heterocycles. The summed E-state index contributed by atoms with van der Waals surface area (Å²) in [6.45, 7) is 0.514. The van der Waals surface area contributed by atoms with E-state index in [4.69, 9.17) is 9.47 Å². The Morgan fingerprint density at radius 3 is 2.33 bits per heavy atom. The zero-order chi connectivity index (χ0) is 12.8. The molecular formula is C15H15IO2. The van der Waals surface area contributed by atoms with Crippen molar-refractivity contribution in [3.05, 3.63) is 63.7 Å². The van der Waals surface area contributed by atoms with Crippen LogP contribution in [0.2, 0.25) is 0 Å². The Morgan fingerprint density at radius 2 is 1.67 bits per heavy atom. The van der Waals surface area contributed by atoms with Gasteiger partial charge in [0.05, 0.1) is 3.57 Å². The maximum atomic E-state index is 5.81. The second-order valence-corrected chi connectivity index (χ2v) is 5.04. The van der Waals surface area contributed by atoms with E-state index in [1.807, 2.05) is 54.6 Å². The maximum absolute atomic E-state index is 5.81. The van der Waals surface area contributed by atoms with Crippen molar-refractivity contribution in [2.45, 2.75) is 6.10 Å². The number of para-hydroxylation sites is 1. The van der Waals surface area contributed by atoms with Crippen molar-refractivity contribution in [3.8, 4) is 5.75 Å². The van der Waals surface area contributed by atoms with Gasteiger partial charge < -0.3 is 9.47 Å². The lowest BCUT2D eigenvalue weighted by molar-refractivity contribution is 0.0573. The summed E-state index contributed by atoms with van der Waals surface area (Å²) in [7, 11) is 1.71. The molecule has 0 bridgehead atoms. The number of hydrogen-bond donors (Lipinski definition) is 0. The number of hydrogen-bond acceptors (Lipinski definition) is 2. The number of ether oxygens (including phenoxy) is 2. The molecule has 0 saturated carbocycles. The lowest BCUT2D eigenvalue weighted by Crippen LogP contribution is -2.12. The molecule has 0 radical (unpaired) electrons. The Kier molecular flexibility index (Phi) is 5.01. The molecule has 0 aliphatic rings. The van der Waals surface area contributed by atoms with Gasteiger partial charge in [-0.3, -0.25) is 0 Å². The molecule has 0 aliphatic carbocycles. The summed E-state index contributed by atoms with van der Waals surface area (Å²) in [4.78, 5) is 0. The second-order valence-electron chi connectivity index (χ2n) is 3.88. The van der Waals surface area contributed by atoms with Crippen LogP contribution in [0.3, 0.4) is 0 Å². The van der Waals surface area contributed by atoms with E-state index >= 15 is 0 Å². The first kappa shape index (κ1) is 13.4. The molecule has 0 amide bonds. The minimum absolute atomic E-state index is 0.0396. The molecule has 0 spiro atoms. The lowest BCUT2D eigenvalue weighted by Gasteiger charge is -2.17. The molecule has 2 aromatic carbocycles. The van der Waals surface area contributed by atoms with Crippen molar-refractivity contribution in [2.75, 3.05) is 13.7 Å². The summed E-state index contributed by atoms with van der Waals surface area (Å²) in [5.41, 5.74) is 1.13. The standard InChI is InChI=1S/C15H15IO2/c1-17-15(12-7-3-2-4-8-12)11-18-14-10-6-5-9-13(14)16/h2-10,15H,11H2,1H3/t15-/m0/s1. The minimum atomic E-state index is -0.0396. The fraction of sp³-hybridized carbons (Fsp3) is 0.200. The third-order valence-electron chi connectivity index (χ3n) is 2.68. The summed E-state index contributed by atoms with van der Waals surface area (Å²) in [6, 6.07) is 18.1. The molecule has 94 valence electrons. The average molecular weight is 354 g/mol. The van der Waals surface area contributed by atoms with Gasteiger partial charge in [0.1, 0.15) is 18.5 Å². The van der Waals surface area contributed by atoms with Gasteiger partial charge in [0, 0.05) is 7.11 Å². The Hall–Kier alpha value is -1.07. The highest BCUT2D eigenvalue weighted by atomic mass is 127. The number of benzene rings is 2. The average Bonchev–Trinajstić information content (AvgIpc) is 2.42. The fourth-order valence-corrected chi connectivity index (χ4v) is 2.24. The third kappa shape index (κ3) is 3.46. The van der Waals surface area contributed by atoms with Gasteiger partial charge in [-0.2, -0.15) is 0 Å². The van der Waals surface area contributed by atoms with E-state index in [2.05, 4.69) is 22.6 Å². The topological polar surface area (TPSA) is 18.5 Å². The van der Waals surface area contributed by atoms with E-state index in [1.165, 1.54) is 0 Å². The van der Waals surface area contributed by atoms with Gasteiger partial charge in [-0.15, -0.1) is 0 Å². The highest BCUT2D eigenvalue weighted by Crippen LogP contribution is 2.23. The second kappa shape index (κ2) is 6.75. The van der Waals surface area contributed by atoms with Crippen molar-refractivity contribution in [1.29, 1.82) is 0 Å². The van der Waals surface area contributed by atoms with Crippen LogP contribution in [0.5, 0.6) is 5.75 Å². The number of halogens is 1. The molecule has 18 heavy (non-hydrogen) atoms. The summed E-state index contributed by atoms with van der Waals surface area (Å²) in [5.74, 6) is 0.899. The van der Waals surface area contributed by atoms with Gasteiger partial charge in [0.15, 0.2) is 0 Å². The van der Waals surface area contributed by atoms with Crippen LogP contribution < -0.4 is 4.74 Å².